The van der Waals surface area contributed by atoms with Gasteiger partial charge in [-0.05, 0) is 49.4 Å². The number of phenolic OH excluding ortho intramolecular Hbond substituents is 1. The Balaban J connectivity index is 1.94. The van der Waals surface area contributed by atoms with E-state index in [0.29, 0.717) is 0 Å². The number of rotatable bonds is 6. The van der Waals surface area contributed by atoms with Gasteiger partial charge >= 0.3 is 5.97 Å². The van der Waals surface area contributed by atoms with E-state index in [9.17, 15) is 15.0 Å². The molecule has 1 saturated carbocycles. The molecule has 0 aromatic heterocycles. The number of phenols is 1. The second-order valence-corrected chi connectivity index (χ2v) is 5.60. The summed E-state index contributed by atoms with van der Waals surface area (Å²) in [6.45, 7) is 2.85. The van der Waals surface area contributed by atoms with Crippen molar-refractivity contribution >= 4 is 5.97 Å². The van der Waals surface area contributed by atoms with Gasteiger partial charge in [-0.3, -0.25) is 4.79 Å². The Morgan fingerprint density at radius 3 is 2.65 bits per heavy atom. The summed E-state index contributed by atoms with van der Waals surface area (Å²) in [5.74, 6) is -0.351. The van der Waals surface area contributed by atoms with Gasteiger partial charge in [-0.1, -0.05) is 25.5 Å². The van der Waals surface area contributed by atoms with Crippen molar-refractivity contribution in [1.82, 2.24) is 5.32 Å². The number of benzene rings is 1. The minimum atomic E-state index is -0.660. The fourth-order valence-electron chi connectivity index (χ4n) is 3.10. The second-order valence-electron chi connectivity index (χ2n) is 5.60. The van der Waals surface area contributed by atoms with Gasteiger partial charge in [0.25, 0.3) is 0 Å². The van der Waals surface area contributed by atoms with Crippen molar-refractivity contribution in [2.75, 3.05) is 6.54 Å². The van der Waals surface area contributed by atoms with E-state index in [1.807, 2.05) is 12.1 Å². The van der Waals surface area contributed by atoms with Crippen molar-refractivity contribution in [3.63, 3.8) is 0 Å². The van der Waals surface area contributed by atoms with E-state index in [1.165, 1.54) is 0 Å². The van der Waals surface area contributed by atoms with E-state index in [4.69, 9.17) is 0 Å². The van der Waals surface area contributed by atoms with Gasteiger partial charge < -0.3 is 15.5 Å². The topological polar surface area (TPSA) is 69.6 Å². The third-order valence-electron chi connectivity index (χ3n) is 4.31. The van der Waals surface area contributed by atoms with Crippen LogP contribution >= 0.6 is 0 Å². The lowest BCUT2D eigenvalue weighted by molar-refractivity contribution is -0.142. The highest BCUT2D eigenvalue weighted by molar-refractivity contribution is 5.70. The van der Waals surface area contributed by atoms with Crippen molar-refractivity contribution in [3.8, 4) is 5.75 Å². The Morgan fingerprint density at radius 2 is 2.05 bits per heavy atom. The third-order valence-corrected chi connectivity index (χ3v) is 4.31. The monoisotopic (exact) mass is 277 g/mol. The van der Waals surface area contributed by atoms with Gasteiger partial charge in [0.1, 0.15) is 5.75 Å². The molecule has 1 aliphatic rings. The molecule has 1 aliphatic carbocycles. The van der Waals surface area contributed by atoms with Crippen LogP contribution in [-0.2, 0) is 4.79 Å². The fourth-order valence-corrected chi connectivity index (χ4v) is 3.10. The molecule has 0 heterocycles. The highest BCUT2D eigenvalue weighted by atomic mass is 16.4. The van der Waals surface area contributed by atoms with E-state index >= 15 is 0 Å². The van der Waals surface area contributed by atoms with E-state index in [0.717, 1.165) is 37.8 Å². The molecular formula is C16H23NO3. The molecule has 3 N–H and O–H groups in total. The Kier molecular flexibility index (Phi) is 5.01. The van der Waals surface area contributed by atoms with Crippen LogP contribution in [0.2, 0.25) is 0 Å². The predicted molar refractivity (Wildman–Crippen MR) is 77.6 cm³/mol. The molecule has 0 bridgehead atoms. The number of hydrogen-bond acceptors (Lipinski definition) is 3. The minimum absolute atomic E-state index is 0.195. The number of hydrogen-bond donors (Lipinski definition) is 3. The molecule has 4 nitrogen and oxygen atoms in total. The molecule has 0 spiro atoms. The molecule has 110 valence electrons. The van der Waals surface area contributed by atoms with Gasteiger partial charge in [-0.15, -0.1) is 0 Å². The predicted octanol–water partition coefficient (Wildman–Crippen LogP) is 2.93. The Morgan fingerprint density at radius 1 is 1.35 bits per heavy atom. The maximum absolute atomic E-state index is 11.2. The van der Waals surface area contributed by atoms with Gasteiger partial charge in [0.05, 0.1) is 5.92 Å². The van der Waals surface area contributed by atoms with Crippen LogP contribution in [0.4, 0.5) is 0 Å². The number of carboxylic acid groups (broad SMARTS) is 1. The Labute approximate surface area is 119 Å². The third kappa shape index (κ3) is 3.51. The Hall–Kier alpha value is -1.55. The van der Waals surface area contributed by atoms with Gasteiger partial charge in [0, 0.05) is 6.04 Å². The average Bonchev–Trinajstić information content (AvgIpc) is 2.90. The van der Waals surface area contributed by atoms with Gasteiger partial charge in [-0.25, -0.2) is 0 Å². The van der Waals surface area contributed by atoms with Crippen LogP contribution < -0.4 is 5.32 Å². The quantitative estimate of drug-likeness (QED) is 0.747. The minimum Gasteiger partial charge on any atom is -0.508 e. The van der Waals surface area contributed by atoms with Crippen molar-refractivity contribution in [1.29, 1.82) is 0 Å². The van der Waals surface area contributed by atoms with Crippen LogP contribution in [0.3, 0.4) is 0 Å². The average molecular weight is 277 g/mol. The largest absolute Gasteiger partial charge is 0.508 e. The summed E-state index contributed by atoms with van der Waals surface area (Å²) in [5.41, 5.74) is 1.13. The first kappa shape index (κ1) is 14.9. The summed E-state index contributed by atoms with van der Waals surface area (Å²) in [6, 6.07) is 7.43. The second kappa shape index (κ2) is 6.75. The molecular weight excluding hydrogens is 254 g/mol. The van der Waals surface area contributed by atoms with Crippen molar-refractivity contribution in [2.24, 2.45) is 11.8 Å². The van der Waals surface area contributed by atoms with Crippen LogP contribution in [0.15, 0.2) is 24.3 Å². The highest BCUT2D eigenvalue weighted by Gasteiger charge is 2.32. The number of nitrogens with one attached hydrogen (secondary N) is 1. The normalized spacial score (nSPS) is 23.6. The van der Waals surface area contributed by atoms with E-state index in [-0.39, 0.29) is 23.6 Å². The first-order valence-electron chi connectivity index (χ1n) is 7.37. The zero-order chi connectivity index (χ0) is 14.5. The highest BCUT2D eigenvalue weighted by Crippen LogP contribution is 2.32. The summed E-state index contributed by atoms with van der Waals surface area (Å²) in [7, 11) is 0. The van der Waals surface area contributed by atoms with Gasteiger partial charge in [0.2, 0.25) is 0 Å². The summed E-state index contributed by atoms with van der Waals surface area (Å²) in [5, 5.41) is 22.0. The smallest absolute Gasteiger partial charge is 0.306 e. The molecule has 0 amide bonds. The van der Waals surface area contributed by atoms with Crippen LogP contribution in [0.5, 0.6) is 5.75 Å². The molecule has 0 saturated heterocycles. The first-order valence-corrected chi connectivity index (χ1v) is 7.37. The SMILES string of the molecule is CCC(NCC1CCCC1C(=O)O)c1ccc(O)cc1. The van der Waals surface area contributed by atoms with E-state index in [1.54, 1.807) is 12.1 Å². The maximum Gasteiger partial charge on any atom is 0.306 e. The van der Waals surface area contributed by atoms with Crippen LogP contribution in [0.25, 0.3) is 0 Å². The van der Waals surface area contributed by atoms with Crippen molar-refractivity contribution in [3.05, 3.63) is 29.8 Å². The first-order chi connectivity index (χ1) is 9.61. The van der Waals surface area contributed by atoms with Crippen molar-refractivity contribution < 1.29 is 15.0 Å². The number of carboxylic acids is 1. The number of carbonyl (C=O) groups is 1. The van der Waals surface area contributed by atoms with Crippen molar-refractivity contribution in [2.45, 2.75) is 38.6 Å². The lowest BCUT2D eigenvalue weighted by Crippen LogP contribution is -2.31. The van der Waals surface area contributed by atoms with Crippen LogP contribution in [-0.4, -0.2) is 22.7 Å². The molecule has 3 atom stereocenters. The summed E-state index contributed by atoms with van der Waals surface area (Å²) in [4.78, 5) is 11.2. The fraction of sp³-hybridized carbons (Fsp3) is 0.562. The van der Waals surface area contributed by atoms with Crippen LogP contribution in [0.1, 0.15) is 44.2 Å². The Bertz CT molecular complexity index is 444. The van der Waals surface area contributed by atoms with E-state index < -0.39 is 5.97 Å². The van der Waals surface area contributed by atoms with Gasteiger partial charge in [-0.2, -0.15) is 0 Å². The lowest BCUT2D eigenvalue weighted by atomic mass is 9.95. The zero-order valence-electron chi connectivity index (χ0n) is 11.9. The number of aliphatic carboxylic acids is 1. The summed E-state index contributed by atoms with van der Waals surface area (Å²) in [6.07, 6.45) is 3.75. The molecule has 20 heavy (non-hydrogen) atoms. The maximum atomic E-state index is 11.2. The summed E-state index contributed by atoms with van der Waals surface area (Å²) >= 11 is 0. The molecule has 2 rings (SSSR count). The zero-order valence-corrected chi connectivity index (χ0v) is 11.9. The molecule has 4 heteroatoms. The molecule has 0 radical (unpaired) electrons. The van der Waals surface area contributed by atoms with Gasteiger partial charge in [0.15, 0.2) is 0 Å². The lowest BCUT2D eigenvalue weighted by Gasteiger charge is -2.22. The van der Waals surface area contributed by atoms with Crippen LogP contribution in [0, 0.1) is 11.8 Å². The standard InChI is InChI=1S/C16H23NO3/c1-2-15(11-6-8-13(18)9-7-11)17-10-12-4-3-5-14(12)16(19)20/h6-9,12,14-15,17-18H,2-5,10H2,1H3,(H,19,20). The molecule has 1 fully saturated rings. The molecule has 0 aliphatic heterocycles. The van der Waals surface area contributed by atoms with E-state index in [2.05, 4.69) is 12.2 Å². The number of aromatic hydroxyl groups is 1. The summed E-state index contributed by atoms with van der Waals surface area (Å²) < 4.78 is 0. The molecule has 1 aromatic rings. The molecule has 3 unspecified atom stereocenters. The molecule has 1 aromatic carbocycles.